The molecule has 0 aromatic heterocycles. The monoisotopic (exact) mass is 107 g/mol. The van der Waals surface area contributed by atoms with Gasteiger partial charge in [0.15, 0.2) is 0 Å². The Kier molecular flexibility index (Phi) is 4.03. The molecule has 0 fully saturated rings. The van der Waals surface area contributed by atoms with Crippen molar-refractivity contribution in [3.63, 3.8) is 0 Å². The summed E-state index contributed by atoms with van der Waals surface area (Å²) in [6.07, 6.45) is 0.674. The molecule has 42 valence electrons. The molecule has 0 saturated carbocycles. The van der Waals surface area contributed by atoms with E-state index >= 15 is 0 Å². The van der Waals surface area contributed by atoms with E-state index < -0.39 is 0 Å². The van der Waals surface area contributed by atoms with Crippen molar-refractivity contribution < 1.29 is 4.79 Å². The molecule has 1 amide bonds. The van der Waals surface area contributed by atoms with Crippen LogP contribution in [-0.4, -0.2) is 42.6 Å². The van der Waals surface area contributed by atoms with Crippen molar-refractivity contribution in [1.29, 1.82) is 0 Å². The molecule has 0 rings (SSSR count). The third kappa shape index (κ3) is 3.12. The Bertz CT molecular complexity index is 82.5. The molecule has 0 N–H and O–H groups in total. The molecule has 8 heavy (non-hydrogen) atoms. The molecule has 0 saturated heterocycles. The van der Waals surface area contributed by atoms with Gasteiger partial charge in [0.25, 0.3) is 0 Å². The molecule has 3 heteroatoms. The van der Waals surface area contributed by atoms with Crippen LogP contribution in [-0.2, 0) is 4.79 Å². The van der Waals surface area contributed by atoms with E-state index in [2.05, 4.69) is 0 Å². The molecule has 0 aliphatic rings. The summed E-state index contributed by atoms with van der Waals surface area (Å²) < 4.78 is 0. The van der Waals surface area contributed by atoms with Crippen molar-refractivity contribution in [3.05, 3.63) is 0 Å². The van der Waals surface area contributed by atoms with Gasteiger partial charge in [-0.05, 0) is 0 Å². The van der Waals surface area contributed by atoms with Gasteiger partial charge >= 0.3 is 58.9 Å². The molecule has 0 aromatic carbocycles. The van der Waals surface area contributed by atoms with Crippen LogP contribution in [0, 0.1) is 0 Å². The summed E-state index contributed by atoms with van der Waals surface area (Å²) in [6.45, 7) is 0. The zero-order valence-corrected chi connectivity index (χ0v) is 5.77. The number of hydrogen-bond acceptors (Lipinski definition) is 1. The molecular formula is C5H10LiNO. The molecule has 0 unspecified atom stereocenters. The van der Waals surface area contributed by atoms with E-state index in [1.807, 2.05) is 17.7 Å². The van der Waals surface area contributed by atoms with Gasteiger partial charge in [-0.15, -0.1) is 0 Å². The van der Waals surface area contributed by atoms with Crippen LogP contribution < -0.4 is 0 Å². The number of rotatable bonds is 2. The van der Waals surface area contributed by atoms with E-state index in [9.17, 15) is 4.79 Å². The van der Waals surface area contributed by atoms with Crippen LogP contribution in [0.1, 0.15) is 6.42 Å². The quantitative estimate of drug-likeness (QED) is 0.456. The Hall–Kier alpha value is 0.0674. The van der Waals surface area contributed by atoms with E-state index in [-0.39, 0.29) is 5.91 Å². The number of hydrogen-bond donors (Lipinski definition) is 0. The van der Waals surface area contributed by atoms with E-state index in [4.69, 9.17) is 0 Å². The fourth-order valence-corrected chi connectivity index (χ4v) is 0.437. The normalized spacial score (nSPS) is 9.00. The second kappa shape index (κ2) is 4.00. The van der Waals surface area contributed by atoms with Crippen LogP contribution in [0.4, 0.5) is 0 Å². The van der Waals surface area contributed by atoms with Gasteiger partial charge in [-0.1, -0.05) is 0 Å². The van der Waals surface area contributed by atoms with E-state index in [1.54, 1.807) is 19.0 Å². The molecule has 0 heterocycles. The second-order valence-corrected chi connectivity index (χ2v) is 2.04. The molecule has 0 radical (unpaired) electrons. The summed E-state index contributed by atoms with van der Waals surface area (Å²) >= 11 is 2.00. The SMILES string of the molecule is [Li][CH2]CC(=O)N(C)C. The summed E-state index contributed by atoms with van der Waals surface area (Å²) in [5.41, 5.74) is 0. The fraction of sp³-hybridized carbons (Fsp3) is 0.800. The molecular weight excluding hydrogens is 97.0 g/mol. The van der Waals surface area contributed by atoms with Crippen LogP contribution in [0.5, 0.6) is 0 Å². The average molecular weight is 107 g/mol. The summed E-state index contributed by atoms with van der Waals surface area (Å²) in [7, 11) is 3.55. The van der Waals surface area contributed by atoms with Gasteiger partial charge in [0.2, 0.25) is 0 Å². The van der Waals surface area contributed by atoms with E-state index in [0.717, 1.165) is 5.09 Å². The number of carbonyl (C=O) groups is 1. The summed E-state index contributed by atoms with van der Waals surface area (Å²) in [4.78, 5) is 12.3. The van der Waals surface area contributed by atoms with Gasteiger partial charge < -0.3 is 0 Å². The predicted molar refractivity (Wildman–Crippen MR) is 33.9 cm³/mol. The Morgan fingerprint density at radius 3 is 2.25 bits per heavy atom. The Labute approximate surface area is 59.4 Å². The van der Waals surface area contributed by atoms with Crippen LogP contribution in [0.3, 0.4) is 0 Å². The number of carbonyl (C=O) groups excluding carboxylic acids is 1. The van der Waals surface area contributed by atoms with E-state index in [0.29, 0.717) is 6.42 Å². The first-order valence-corrected chi connectivity index (χ1v) is 2.88. The second-order valence-electron chi connectivity index (χ2n) is 2.04. The first-order valence-electron chi connectivity index (χ1n) is 2.88. The molecule has 0 aliphatic carbocycles. The zero-order chi connectivity index (χ0) is 6.57. The molecule has 0 spiro atoms. The fourth-order valence-electron chi connectivity index (χ4n) is 0.437. The summed E-state index contributed by atoms with van der Waals surface area (Å²) in [5, 5.41) is 0.941. The summed E-state index contributed by atoms with van der Waals surface area (Å²) in [5.74, 6) is 0.215. The van der Waals surface area contributed by atoms with Crippen LogP contribution in [0.2, 0.25) is 5.09 Å². The van der Waals surface area contributed by atoms with Crippen molar-refractivity contribution in [2.45, 2.75) is 11.5 Å². The average Bonchev–Trinajstić information content (AvgIpc) is 1.67. The van der Waals surface area contributed by atoms with Crippen molar-refractivity contribution in [1.82, 2.24) is 4.90 Å². The molecule has 0 bridgehead atoms. The van der Waals surface area contributed by atoms with Crippen molar-refractivity contribution in [2.24, 2.45) is 0 Å². The maximum atomic E-state index is 10.7. The van der Waals surface area contributed by atoms with Crippen LogP contribution >= 0.6 is 0 Å². The van der Waals surface area contributed by atoms with Gasteiger partial charge in [-0.2, -0.15) is 0 Å². The summed E-state index contributed by atoms with van der Waals surface area (Å²) in [6, 6.07) is 0. The van der Waals surface area contributed by atoms with E-state index in [1.165, 1.54) is 0 Å². The molecule has 0 aromatic rings. The minimum atomic E-state index is 0.215. The third-order valence-electron chi connectivity index (χ3n) is 0.963. The maximum absolute atomic E-state index is 10.7. The number of nitrogens with zero attached hydrogens (tertiary/aromatic N) is 1. The van der Waals surface area contributed by atoms with Crippen LogP contribution in [0.15, 0.2) is 0 Å². The first kappa shape index (κ1) is 8.07. The third-order valence-corrected chi connectivity index (χ3v) is 0.963. The topological polar surface area (TPSA) is 20.3 Å². The number of amides is 1. The Morgan fingerprint density at radius 2 is 2.12 bits per heavy atom. The Morgan fingerprint density at radius 1 is 1.62 bits per heavy atom. The van der Waals surface area contributed by atoms with Gasteiger partial charge in [-0.3, -0.25) is 0 Å². The molecule has 0 aliphatic heterocycles. The van der Waals surface area contributed by atoms with Crippen molar-refractivity contribution >= 4 is 23.6 Å². The van der Waals surface area contributed by atoms with Crippen molar-refractivity contribution in [2.75, 3.05) is 14.1 Å². The zero-order valence-electron chi connectivity index (χ0n) is 5.77. The minimum absolute atomic E-state index is 0.215. The van der Waals surface area contributed by atoms with Gasteiger partial charge in [0, 0.05) is 0 Å². The predicted octanol–water partition coefficient (Wildman–Crippen LogP) is 0.0515. The molecule has 2 nitrogen and oxygen atoms in total. The van der Waals surface area contributed by atoms with Gasteiger partial charge in [0.05, 0.1) is 0 Å². The van der Waals surface area contributed by atoms with Crippen molar-refractivity contribution in [3.8, 4) is 0 Å². The standard InChI is InChI=1S/C5H10NO.Li/c1-4-5(7)6(2)3;/h1,4H2,2-3H3;. The Balaban J connectivity index is 3.33. The molecule has 0 atom stereocenters. The van der Waals surface area contributed by atoms with Gasteiger partial charge in [0.1, 0.15) is 0 Å². The first-order chi connectivity index (χ1) is 3.68. The van der Waals surface area contributed by atoms with Gasteiger partial charge in [-0.25, -0.2) is 0 Å². The van der Waals surface area contributed by atoms with Crippen LogP contribution in [0.25, 0.3) is 0 Å².